The van der Waals surface area contributed by atoms with E-state index in [1.165, 1.54) is 24.0 Å². The number of aryl methyl sites for hydroxylation is 1. The van der Waals surface area contributed by atoms with Crippen molar-refractivity contribution < 1.29 is 14.6 Å². The fourth-order valence-electron chi connectivity index (χ4n) is 4.59. The van der Waals surface area contributed by atoms with Gasteiger partial charge in [0.2, 0.25) is 5.91 Å². The molecule has 0 radical (unpaired) electrons. The second kappa shape index (κ2) is 11.4. The number of nitrogens with one attached hydrogen (secondary N) is 1. The average Bonchev–Trinajstić information content (AvgIpc) is 3.22. The van der Waals surface area contributed by atoms with Crippen LogP contribution in [-0.4, -0.2) is 83.8 Å². The summed E-state index contributed by atoms with van der Waals surface area (Å²) in [5, 5.41) is 14.8. The smallest absolute Gasteiger partial charge is 0.234 e. The van der Waals surface area contributed by atoms with Gasteiger partial charge in [0.1, 0.15) is 18.5 Å². The van der Waals surface area contributed by atoms with Crippen LogP contribution in [0.1, 0.15) is 44.0 Å². The number of thiazole rings is 1. The van der Waals surface area contributed by atoms with Crippen LogP contribution < -0.4 is 10.1 Å². The highest BCUT2D eigenvalue weighted by atomic mass is 32.1. The SMILES string of the molecule is CCc1nc2cc(OCC(O)CN3CCN(CC(=O)NC4CCCCC4)CC3)ccc2s1. The summed E-state index contributed by atoms with van der Waals surface area (Å²) in [7, 11) is 0. The summed E-state index contributed by atoms with van der Waals surface area (Å²) in [5.74, 6) is 0.903. The lowest BCUT2D eigenvalue weighted by atomic mass is 9.95. The van der Waals surface area contributed by atoms with Crippen LogP contribution in [0.4, 0.5) is 0 Å². The highest BCUT2D eigenvalue weighted by Crippen LogP contribution is 2.26. The summed E-state index contributed by atoms with van der Waals surface area (Å²) < 4.78 is 7.00. The molecule has 2 fully saturated rings. The summed E-state index contributed by atoms with van der Waals surface area (Å²) in [6.45, 7) is 6.86. The van der Waals surface area contributed by atoms with Gasteiger partial charge in [-0.25, -0.2) is 4.98 Å². The van der Waals surface area contributed by atoms with E-state index in [4.69, 9.17) is 4.74 Å². The topological polar surface area (TPSA) is 77.9 Å². The second-order valence-corrected chi connectivity index (χ2v) is 10.1. The number of aliphatic hydroxyl groups excluding tert-OH is 1. The molecule has 1 aliphatic carbocycles. The summed E-state index contributed by atoms with van der Waals surface area (Å²) in [4.78, 5) is 21.4. The predicted octanol–water partition coefficient (Wildman–Crippen LogP) is 2.66. The minimum Gasteiger partial charge on any atom is -0.491 e. The average molecular weight is 461 g/mol. The van der Waals surface area contributed by atoms with E-state index in [-0.39, 0.29) is 12.5 Å². The van der Waals surface area contributed by atoms with E-state index in [1.54, 1.807) is 11.3 Å². The Bertz CT molecular complexity index is 875. The van der Waals surface area contributed by atoms with Gasteiger partial charge in [0.05, 0.1) is 21.8 Å². The maximum absolute atomic E-state index is 12.3. The lowest BCUT2D eigenvalue weighted by molar-refractivity contribution is -0.123. The van der Waals surface area contributed by atoms with E-state index in [1.807, 2.05) is 18.2 Å². The Balaban J connectivity index is 1.14. The van der Waals surface area contributed by atoms with E-state index in [9.17, 15) is 9.90 Å². The van der Waals surface area contributed by atoms with Gasteiger partial charge >= 0.3 is 0 Å². The number of fused-ring (bicyclic) bond motifs is 1. The number of hydrogen-bond acceptors (Lipinski definition) is 7. The minimum atomic E-state index is -0.548. The molecule has 176 valence electrons. The standard InChI is InChI=1S/C24H36N4O3S/c1-2-24-26-21-14-20(8-9-22(21)32-24)31-17-19(29)15-27-10-12-28(13-11-27)16-23(30)25-18-6-4-3-5-7-18/h8-9,14,18-19,29H,2-7,10-13,15-17H2,1H3,(H,25,30). The van der Waals surface area contributed by atoms with Gasteiger partial charge < -0.3 is 15.2 Å². The Morgan fingerprint density at radius 3 is 2.72 bits per heavy atom. The zero-order chi connectivity index (χ0) is 22.3. The van der Waals surface area contributed by atoms with Crippen LogP contribution >= 0.6 is 11.3 Å². The molecule has 1 saturated carbocycles. The van der Waals surface area contributed by atoms with Crippen molar-refractivity contribution in [3.05, 3.63) is 23.2 Å². The molecule has 32 heavy (non-hydrogen) atoms. The van der Waals surface area contributed by atoms with Crippen LogP contribution in [0.2, 0.25) is 0 Å². The maximum atomic E-state index is 12.3. The molecule has 1 aliphatic heterocycles. The normalized spacial score (nSPS) is 19.8. The fraction of sp³-hybridized carbons (Fsp3) is 0.667. The van der Waals surface area contributed by atoms with Gasteiger partial charge in [-0.05, 0) is 31.4 Å². The number of carbonyl (C=O) groups is 1. The largest absolute Gasteiger partial charge is 0.491 e. The molecule has 1 amide bonds. The quantitative estimate of drug-likeness (QED) is 0.599. The molecule has 1 unspecified atom stereocenters. The van der Waals surface area contributed by atoms with Crippen molar-refractivity contribution in [1.82, 2.24) is 20.1 Å². The van der Waals surface area contributed by atoms with Crippen LogP contribution in [0.25, 0.3) is 10.2 Å². The summed E-state index contributed by atoms with van der Waals surface area (Å²) in [6.07, 6.45) is 6.39. The molecule has 1 saturated heterocycles. The third-order valence-electron chi connectivity index (χ3n) is 6.42. The summed E-state index contributed by atoms with van der Waals surface area (Å²) >= 11 is 1.71. The first-order valence-corrected chi connectivity index (χ1v) is 12.8. The molecule has 0 spiro atoms. The van der Waals surface area contributed by atoms with Crippen molar-refractivity contribution in [3.63, 3.8) is 0 Å². The number of rotatable bonds is 9. The van der Waals surface area contributed by atoms with E-state index < -0.39 is 6.10 Å². The van der Waals surface area contributed by atoms with Gasteiger partial charge in [0.25, 0.3) is 0 Å². The molecule has 2 aromatic rings. The number of β-amino-alcohol motifs (C(OH)–C–C–N with tert-alkyl or cyclic N) is 1. The minimum absolute atomic E-state index is 0.155. The molecule has 0 bridgehead atoms. The number of nitrogens with zero attached hydrogens (tertiary/aromatic N) is 3. The molecule has 1 atom stereocenters. The van der Waals surface area contributed by atoms with Crippen molar-refractivity contribution in [2.45, 2.75) is 57.6 Å². The van der Waals surface area contributed by atoms with E-state index in [0.717, 1.165) is 61.7 Å². The van der Waals surface area contributed by atoms with Crippen molar-refractivity contribution in [2.75, 3.05) is 45.9 Å². The van der Waals surface area contributed by atoms with Crippen LogP contribution in [0.3, 0.4) is 0 Å². The van der Waals surface area contributed by atoms with Gasteiger partial charge in [0, 0.05) is 44.8 Å². The number of amides is 1. The molecule has 8 heteroatoms. The van der Waals surface area contributed by atoms with Crippen LogP contribution in [0.5, 0.6) is 5.75 Å². The number of carbonyl (C=O) groups excluding carboxylic acids is 1. The Morgan fingerprint density at radius 1 is 1.22 bits per heavy atom. The van der Waals surface area contributed by atoms with Crippen molar-refractivity contribution >= 4 is 27.5 Å². The highest BCUT2D eigenvalue weighted by Gasteiger charge is 2.22. The van der Waals surface area contributed by atoms with Gasteiger partial charge in [-0.15, -0.1) is 11.3 Å². The zero-order valence-corrected chi connectivity index (χ0v) is 19.9. The monoisotopic (exact) mass is 460 g/mol. The van der Waals surface area contributed by atoms with Crippen molar-refractivity contribution in [1.29, 1.82) is 0 Å². The molecular weight excluding hydrogens is 424 g/mol. The second-order valence-electron chi connectivity index (χ2n) is 9.03. The molecular formula is C24H36N4O3S. The first kappa shape index (κ1) is 23.4. The third kappa shape index (κ3) is 6.63. The lowest BCUT2D eigenvalue weighted by Gasteiger charge is -2.35. The Kier molecular flexibility index (Phi) is 8.35. The van der Waals surface area contributed by atoms with E-state index in [2.05, 4.69) is 27.0 Å². The molecule has 2 N–H and O–H groups in total. The van der Waals surface area contributed by atoms with Crippen molar-refractivity contribution in [3.8, 4) is 5.75 Å². The Hall–Kier alpha value is -1.74. The number of aliphatic hydroxyl groups is 1. The first-order valence-electron chi connectivity index (χ1n) is 12.0. The Morgan fingerprint density at radius 2 is 1.97 bits per heavy atom. The van der Waals surface area contributed by atoms with Gasteiger partial charge in [-0.2, -0.15) is 0 Å². The van der Waals surface area contributed by atoms with E-state index >= 15 is 0 Å². The lowest BCUT2D eigenvalue weighted by Crippen LogP contribution is -2.52. The highest BCUT2D eigenvalue weighted by molar-refractivity contribution is 7.18. The van der Waals surface area contributed by atoms with Crippen LogP contribution in [0, 0.1) is 0 Å². The van der Waals surface area contributed by atoms with Gasteiger partial charge in [0.15, 0.2) is 0 Å². The Labute approximate surface area is 194 Å². The molecule has 2 heterocycles. The zero-order valence-electron chi connectivity index (χ0n) is 19.1. The summed E-state index contributed by atoms with van der Waals surface area (Å²) in [6, 6.07) is 6.31. The van der Waals surface area contributed by atoms with Crippen LogP contribution in [-0.2, 0) is 11.2 Å². The first-order chi connectivity index (χ1) is 15.6. The maximum Gasteiger partial charge on any atom is 0.234 e. The summed E-state index contributed by atoms with van der Waals surface area (Å²) in [5.41, 5.74) is 0.961. The number of benzene rings is 1. The molecule has 2 aliphatic rings. The number of ether oxygens (including phenoxy) is 1. The third-order valence-corrected chi connectivity index (χ3v) is 7.60. The molecule has 7 nitrogen and oxygen atoms in total. The molecule has 1 aromatic carbocycles. The van der Waals surface area contributed by atoms with Crippen LogP contribution in [0.15, 0.2) is 18.2 Å². The van der Waals surface area contributed by atoms with Gasteiger partial charge in [-0.3, -0.25) is 14.6 Å². The number of hydrogen-bond donors (Lipinski definition) is 2. The number of aromatic nitrogens is 1. The number of piperazine rings is 1. The fourth-order valence-corrected chi connectivity index (χ4v) is 5.48. The van der Waals surface area contributed by atoms with E-state index in [0.29, 0.717) is 19.1 Å². The van der Waals surface area contributed by atoms with Crippen molar-refractivity contribution in [2.24, 2.45) is 0 Å². The molecule has 4 rings (SSSR count). The van der Waals surface area contributed by atoms with Gasteiger partial charge in [-0.1, -0.05) is 26.2 Å². The predicted molar refractivity (Wildman–Crippen MR) is 128 cm³/mol. The molecule has 1 aromatic heterocycles.